The Morgan fingerprint density at radius 1 is 1.33 bits per heavy atom. The third-order valence-electron chi connectivity index (χ3n) is 1.94. The first-order valence-electron chi connectivity index (χ1n) is 4.82. The molecule has 0 bridgehead atoms. The summed E-state index contributed by atoms with van der Waals surface area (Å²) in [6.07, 6.45) is 0.850. The molecule has 1 aromatic carbocycles. The van der Waals surface area contributed by atoms with Crippen LogP contribution in [0.15, 0.2) is 30.6 Å². The molecule has 1 amide bonds. The summed E-state index contributed by atoms with van der Waals surface area (Å²) in [6, 6.07) is 6.91. The molecule has 2 aromatic rings. The summed E-state index contributed by atoms with van der Waals surface area (Å²) in [6.45, 7) is 0. The highest BCUT2D eigenvalue weighted by Crippen LogP contribution is 2.13. The fourth-order valence-corrected chi connectivity index (χ4v) is 1.41. The first-order valence-corrected chi connectivity index (χ1v) is 5.85. The Kier molecular flexibility index (Phi) is 4.05. The summed E-state index contributed by atoms with van der Waals surface area (Å²) < 4.78 is 5.44. The van der Waals surface area contributed by atoms with E-state index >= 15 is 0 Å². The number of thiol groups is 2. The number of rotatable bonds is 3. The van der Waals surface area contributed by atoms with Gasteiger partial charge in [0.1, 0.15) is 6.33 Å². The van der Waals surface area contributed by atoms with Crippen LogP contribution in [0, 0.1) is 0 Å². The highest BCUT2D eigenvalue weighted by Gasteiger charge is 2.06. The monoisotopic (exact) mass is 283 g/mol. The van der Waals surface area contributed by atoms with Crippen molar-refractivity contribution in [1.82, 2.24) is 20.2 Å². The molecule has 18 heavy (non-hydrogen) atoms. The molecule has 0 spiro atoms. The number of carbonyl (C=O) groups is 1. The number of benzene rings is 1. The number of nitrogens with zero attached hydrogens (tertiary/aromatic N) is 4. The number of hydrogen-bond acceptors (Lipinski definition) is 7. The zero-order chi connectivity index (χ0) is 13.0. The van der Waals surface area contributed by atoms with Crippen LogP contribution in [0.1, 0.15) is 0 Å². The molecule has 1 aromatic heterocycles. The summed E-state index contributed by atoms with van der Waals surface area (Å²) in [4.78, 5) is 11.3. The maximum Gasteiger partial charge on any atom is 0.413 e. The highest BCUT2D eigenvalue weighted by molar-refractivity contribution is 7.98. The summed E-state index contributed by atoms with van der Waals surface area (Å²) in [7, 11) is 0. The second kappa shape index (κ2) is 5.74. The molecule has 94 valence electrons. The van der Waals surface area contributed by atoms with Crippen molar-refractivity contribution in [3.63, 3.8) is 0 Å². The van der Waals surface area contributed by atoms with Crippen molar-refractivity contribution in [2.24, 2.45) is 0 Å². The lowest BCUT2D eigenvalue weighted by atomic mass is 10.3. The van der Waals surface area contributed by atoms with E-state index < -0.39 is 10.9 Å². The molecular formula is C9H9N5O2S2. The van der Waals surface area contributed by atoms with Crippen molar-refractivity contribution in [2.45, 2.75) is 4.77 Å². The van der Waals surface area contributed by atoms with Gasteiger partial charge in [-0.2, -0.15) is 0 Å². The molecule has 7 nitrogen and oxygen atoms in total. The number of anilines is 1. The molecule has 2 rings (SSSR count). The van der Waals surface area contributed by atoms with E-state index in [-0.39, 0.29) is 0 Å². The van der Waals surface area contributed by atoms with Gasteiger partial charge in [0, 0.05) is 5.69 Å². The lowest BCUT2D eigenvalue weighted by Gasteiger charge is -2.08. The Morgan fingerprint density at radius 2 is 2.06 bits per heavy atom. The Morgan fingerprint density at radius 3 is 2.61 bits per heavy atom. The minimum Gasteiger partial charge on any atom is -0.425 e. The van der Waals surface area contributed by atoms with E-state index in [4.69, 9.17) is 4.74 Å². The van der Waals surface area contributed by atoms with Crippen molar-refractivity contribution in [3.05, 3.63) is 30.6 Å². The molecule has 0 saturated heterocycles. The molecule has 1 N–H and O–H groups in total. The van der Waals surface area contributed by atoms with E-state index in [1.807, 2.05) is 0 Å². The van der Waals surface area contributed by atoms with Crippen molar-refractivity contribution in [2.75, 3.05) is 5.32 Å². The molecule has 0 unspecified atom stereocenters. The maximum absolute atomic E-state index is 11.3. The van der Waals surface area contributed by atoms with Gasteiger partial charge < -0.3 is 4.74 Å². The van der Waals surface area contributed by atoms with Crippen LogP contribution in [-0.2, 0) is 4.74 Å². The zero-order valence-corrected chi connectivity index (χ0v) is 10.8. The molecule has 0 atom stereocenters. The molecule has 9 heteroatoms. The minimum atomic E-state index is -0.759. The number of ether oxygens (including phenoxy) is 1. The molecule has 0 saturated carbocycles. The van der Waals surface area contributed by atoms with Crippen molar-refractivity contribution in [3.8, 4) is 5.69 Å². The van der Waals surface area contributed by atoms with Gasteiger partial charge >= 0.3 is 6.09 Å². The SMILES string of the molecule is O=C(Nc1ccc(-n2cnnn2)cc1)OC(S)S. The maximum atomic E-state index is 11.3. The van der Waals surface area contributed by atoms with E-state index in [9.17, 15) is 4.79 Å². The second-order valence-electron chi connectivity index (χ2n) is 3.16. The molecule has 0 aliphatic carbocycles. The van der Waals surface area contributed by atoms with Crippen LogP contribution >= 0.6 is 25.3 Å². The quantitative estimate of drug-likeness (QED) is 0.585. The average molecular weight is 283 g/mol. The molecule has 0 fully saturated rings. The van der Waals surface area contributed by atoms with Crippen LogP contribution in [0.3, 0.4) is 0 Å². The van der Waals surface area contributed by atoms with Crippen LogP contribution in [0.5, 0.6) is 0 Å². The molecule has 0 aliphatic heterocycles. The van der Waals surface area contributed by atoms with Crippen LogP contribution in [-0.4, -0.2) is 31.1 Å². The molecule has 1 heterocycles. The van der Waals surface area contributed by atoms with Gasteiger partial charge in [0.25, 0.3) is 0 Å². The van der Waals surface area contributed by atoms with Crippen molar-refractivity contribution < 1.29 is 9.53 Å². The van der Waals surface area contributed by atoms with Crippen LogP contribution < -0.4 is 5.32 Å². The van der Waals surface area contributed by atoms with Crippen LogP contribution in [0.2, 0.25) is 0 Å². The standard InChI is InChI=1S/C9H9N5O2S2/c15-8(16-9(17)18)11-6-1-3-7(4-2-6)14-5-10-12-13-14/h1-5,9,17-18H,(H,11,15). The van der Waals surface area contributed by atoms with Gasteiger partial charge in [0.05, 0.1) is 5.69 Å². The van der Waals surface area contributed by atoms with Crippen molar-refractivity contribution in [1.29, 1.82) is 0 Å². The Bertz CT molecular complexity index is 514. The fraction of sp³-hybridized carbons (Fsp3) is 0.111. The average Bonchev–Trinajstić information content (AvgIpc) is 2.82. The Balaban J connectivity index is 2.02. The van der Waals surface area contributed by atoms with Gasteiger partial charge in [-0.15, -0.1) is 30.4 Å². The predicted molar refractivity (Wildman–Crippen MR) is 71.0 cm³/mol. The molecule has 0 aliphatic rings. The topological polar surface area (TPSA) is 81.9 Å². The first-order chi connectivity index (χ1) is 8.65. The van der Waals surface area contributed by atoms with Gasteiger partial charge in [-0.1, -0.05) is 0 Å². The number of nitrogens with one attached hydrogen (secondary N) is 1. The van der Waals surface area contributed by atoms with Crippen LogP contribution in [0.25, 0.3) is 5.69 Å². The summed E-state index contributed by atoms with van der Waals surface area (Å²) in [5.74, 6) is 0. The van der Waals surface area contributed by atoms with Crippen molar-refractivity contribution >= 4 is 37.0 Å². The molecule has 0 radical (unpaired) electrons. The largest absolute Gasteiger partial charge is 0.425 e. The lowest BCUT2D eigenvalue weighted by Crippen LogP contribution is -2.15. The zero-order valence-electron chi connectivity index (χ0n) is 8.96. The predicted octanol–water partition coefficient (Wildman–Crippen LogP) is 1.35. The van der Waals surface area contributed by atoms with E-state index in [0.29, 0.717) is 5.69 Å². The lowest BCUT2D eigenvalue weighted by molar-refractivity contribution is 0.175. The smallest absolute Gasteiger partial charge is 0.413 e. The number of carbonyl (C=O) groups excluding carboxylic acids is 1. The Labute approximate surface area is 113 Å². The van der Waals surface area contributed by atoms with Gasteiger partial charge in [0.2, 0.25) is 0 Å². The first kappa shape index (κ1) is 12.7. The van der Waals surface area contributed by atoms with Gasteiger partial charge in [-0.25, -0.2) is 9.48 Å². The van der Waals surface area contributed by atoms with Crippen LogP contribution in [0.4, 0.5) is 10.5 Å². The van der Waals surface area contributed by atoms with E-state index in [1.54, 1.807) is 24.3 Å². The number of hydrogen-bond donors (Lipinski definition) is 3. The minimum absolute atomic E-state index is 0.583. The number of aromatic nitrogens is 4. The third-order valence-corrected chi connectivity index (χ3v) is 2.15. The summed E-state index contributed by atoms with van der Waals surface area (Å²) >= 11 is 7.63. The summed E-state index contributed by atoms with van der Waals surface area (Å²) in [5, 5.41) is 13.3. The number of tetrazole rings is 1. The van der Waals surface area contributed by atoms with E-state index in [2.05, 4.69) is 46.1 Å². The Hall–Kier alpha value is -1.74. The van der Waals surface area contributed by atoms with E-state index in [1.165, 1.54) is 11.0 Å². The normalized spacial score (nSPS) is 10.4. The highest BCUT2D eigenvalue weighted by atomic mass is 32.2. The second-order valence-corrected chi connectivity index (χ2v) is 4.50. The van der Waals surface area contributed by atoms with Gasteiger partial charge in [-0.05, 0) is 34.7 Å². The third kappa shape index (κ3) is 3.37. The van der Waals surface area contributed by atoms with Gasteiger partial charge in [0.15, 0.2) is 4.77 Å². The molecular weight excluding hydrogens is 274 g/mol. The van der Waals surface area contributed by atoms with Gasteiger partial charge in [-0.3, -0.25) is 5.32 Å². The number of amides is 1. The van der Waals surface area contributed by atoms with E-state index in [0.717, 1.165) is 5.69 Å². The fourth-order valence-electron chi connectivity index (χ4n) is 1.22. The summed E-state index contributed by atoms with van der Waals surface area (Å²) in [5.41, 5.74) is 1.36.